The van der Waals surface area contributed by atoms with E-state index in [1.54, 1.807) is 6.20 Å². The number of pyridine rings is 1. The molecule has 4 rings (SSSR count). The Labute approximate surface area is 138 Å². The van der Waals surface area contributed by atoms with Gasteiger partial charge in [-0.25, -0.2) is 4.98 Å². The number of fused-ring (bicyclic) bond motifs is 3. The smallest absolute Gasteiger partial charge is 0.135 e. The zero-order valence-electron chi connectivity index (χ0n) is 13.3. The summed E-state index contributed by atoms with van der Waals surface area (Å²) in [5.41, 5.74) is 9.59. The average Bonchev–Trinajstić information content (AvgIpc) is 3.24. The van der Waals surface area contributed by atoms with Gasteiger partial charge in [0.15, 0.2) is 0 Å². The first-order valence-electron chi connectivity index (χ1n) is 7.83. The zero-order chi connectivity index (χ0) is 16.7. The molecule has 0 aliphatic carbocycles. The third-order valence-electron chi connectivity index (χ3n) is 4.14. The summed E-state index contributed by atoms with van der Waals surface area (Å²) in [6.45, 7) is 2.73. The number of nitrogen functional groups attached to an aromatic ring is 1. The van der Waals surface area contributed by atoms with Gasteiger partial charge in [-0.05, 0) is 24.1 Å². The highest BCUT2D eigenvalue weighted by atomic mass is 16.3. The number of aliphatic hydroxyl groups excluding tert-OH is 1. The van der Waals surface area contributed by atoms with Crippen LogP contribution in [0.4, 0.5) is 5.82 Å². The molecule has 24 heavy (non-hydrogen) atoms. The van der Waals surface area contributed by atoms with Gasteiger partial charge in [-0.15, -0.1) is 0 Å². The molecule has 3 heterocycles. The number of anilines is 1. The number of hydrogen-bond donors (Lipinski definition) is 3. The fraction of sp³-hybridized carbons (Fsp3) is 0.235. The Hall–Kier alpha value is -2.93. The number of aromatic nitrogens is 5. The number of aliphatic hydroxyl groups is 1. The van der Waals surface area contributed by atoms with Crippen molar-refractivity contribution in [2.45, 2.75) is 13.5 Å². The van der Waals surface area contributed by atoms with E-state index in [9.17, 15) is 5.11 Å². The minimum Gasteiger partial charge on any atom is -0.396 e. The number of aromatic amines is 1. The molecule has 7 heteroatoms. The van der Waals surface area contributed by atoms with Crippen molar-refractivity contribution in [3.8, 4) is 11.3 Å². The van der Waals surface area contributed by atoms with Gasteiger partial charge in [0.2, 0.25) is 0 Å². The fourth-order valence-electron chi connectivity index (χ4n) is 2.87. The molecule has 0 amide bonds. The predicted octanol–water partition coefficient (Wildman–Crippen LogP) is 2.19. The number of rotatable bonds is 4. The highest BCUT2D eigenvalue weighted by Crippen LogP contribution is 2.29. The van der Waals surface area contributed by atoms with Crippen LogP contribution >= 0.6 is 0 Å². The Morgan fingerprint density at radius 1 is 1.29 bits per heavy atom. The van der Waals surface area contributed by atoms with Crippen molar-refractivity contribution in [2.24, 2.45) is 5.92 Å². The lowest BCUT2D eigenvalue weighted by Crippen LogP contribution is -2.11. The minimum atomic E-state index is 0.123. The molecule has 0 aliphatic heterocycles. The summed E-state index contributed by atoms with van der Waals surface area (Å²) in [6.07, 6.45) is 3.68. The molecule has 1 atom stereocenters. The SMILES string of the molecule is CC(CO)Cn1cc2c(N)nc3cc(-c4cc[nH]n4)ccc3c2n1. The van der Waals surface area contributed by atoms with Crippen LogP contribution in [0.1, 0.15) is 6.92 Å². The van der Waals surface area contributed by atoms with Crippen molar-refractivity contribution < 1.29 is 5.11 Å². The predicted molar refractivity (Wildman–Crippen MR) is 93.3 cm³/mol. The maximum Gasteiger partial charge on any atom is 0.135 e. The third-order valence-corrected chi connectivity index (χ3v) is 4.14. The molecule has 4 N–H and O–H groups in total. The number of benzene rings is 1. The van der Waals surface area contributed by atoms with E-state index in [0.717, 1.165) is 33.1 Å². The highest BCUT2D eigenvalue weighted by Gasteiger charge is 2.13. The molecular weight excluding hydrogens is 304 g/mol. The Bertz CT molecular complexity index is 1000. The molecule has 1 aromatic carbocycles. The van der Waals surface area contributed by atoms with Crippen LogP contribution in [0.3, 0.4) is 0 Å². The quantitative estimate of drug-likeness (QED) is 0.534. The molecule has 3 aromatic heterocycles. The summed E-state index contributed by atoms with van der Waals surface area (Å²) < 4.78 is 1.82. The Balaban J connectivity index is 1.87. The molecule has 122 valence electrons. The second kappa shape index (κ2) is 5.61. The van der Waals surface area contributed by atoms with Crippen LogP contribution in [0.2, 0.25) is 0 Å². The van der Waals surface area contributed by atoms with E-state index in [2.05, 4.69) is 20.3 Å². The lowest BCUT2D eigenvalue weighted by Gasteiger charge is -2.06. The van der Waals surface area contributed by atoms with Crippen LogP contribution in [0.25, 0.3) is 33.1 Å². The van der Waals surface area contributed by atoms with Crippen molar-refractivity contribution in [3.63, 3.8) is 0 Å². The van der Waals surface area contributed by atoms with E-state index in [1.807, 2.05) is 42.1 Å². The van der Waals surface area contributed by atoms with Gasteiger partial charge in [0.25, 0.3) is 0 Å². The van der Waals surface area contributed by atoms with E-state index in [1.165, 1.54) is 0 Å². The molecule has 0 aliphatic rings. The third kappa shape index (κ3) is 2.39. The lowest BCUT2D eigenvalue weighted by atomic mass is 10.1. The largest absolute Gasteiger partial charge is 0.396 e. The normalized spacial score (nSPS) is 12.9. The summed E-state index contributed by atoms with van der Waals surface area (Å²) in [7, 11) is 0. The highest BCUT2D eigenvalue weighted by molar-refractivity contribution is 6.08. The van der Waals surface area contributed by atoms with E-state index in [-0.39, 0.29) is 12.5 Å². The van der Waals surface area contributed by atoms with Crippen LogP contribution in [0, 0.1) is 5.92 Å². The molecule has 0 bridgehead atoms. The number of H-pyrrole nitrogens is 1. The lowest BCUT2D eigenvalue weighted by molar-refractivity contribution is 0.219. The van der Waals surface area contributed by atoms with Crippen molar-refractivity contribution in [1.29, 1.82) is 0 Å². The molecule has 0 fully saturated rings. The van der Waals surface area contributed by atoms with Crippen LogP contribution in [-0.4, -0.2) is 36.7 Å². The Morgan fingerprint density at radius 2 is 2.17 bits per heavy atom. The minimum absolute atomic E-state index is 0.123. The maximum absolute atomic E-state index is 9.23. The topological polar surface area (TPSA) is 106 Å². The van der Waals surface area contributed by atoms with Gasteiger partial charge in [0.05, 0.1) is 16.6 Å². The van der Waals surface area contributed by atoms with Crippen LogP contribution in [0.15, 0.2) is 36.7 Å². The molecule has 0 radical (unpaired) electrons. The van der Waals surface area contributed by atoms with Gasteiger partial charge >= 0.3 is 0 Å². The first kappa shape index (κ1) is 14.6. The monoisotopic (exact) mass is 322 g/mol. The molecule has 1 unspecified atom stereocenters. The van der Waals surface area contributed by atoms with Crippen LogP contribution < -0.4 is 5.73 Å². The van der Waals surface area contributed by atoms with Gasteiger partial charge in [-0.1, -0.05) is 13.0 Å². The van der Waals surface area contributed by atoms with Gasteiger partial charge in [0.1, 0.15) is 11.3 Å². The van der Waals surface area contributed by atoms with Crippen molar-refractivity contribution in [1.82, 2.24) is 25.0 Å². The number of nitrogens with zero attached hydrogens (tertiary/aromatic N) is 4. The van der Waals surface area contributed by atoms with Gasteiger partial charge in [0, 0.05) is 36.5 Å². The first-order chi connectivity index (χ1) is 11.7. The van der Waals surface area contributed by atoms with E-state index >= 15 is 0 Å². The summed E-state index contributed by atoms with van der Waals surface area (Å²) in [5.74, 6) is 0.589. The Morgan fingerprint density at radius 3 is 2.92 bits per heavy atom. The summed E-state index contributed by atoms with van der Waals surface area (Å²) in [4.78, 5) is 4.52. The van der Waals surface area contributed by atoms with Gasteiger partial charge < -0.3 is 10.8 Å². The molecule has 4 aromatic rings. The number of hydrogen-bond acceptors (Lipinski definition) is 5. The van der Waals surface area contributed by atoms with Crippen molar-refractivity contribution >= 4 is 27.6 Å². The molecule has 0 saturated carbocycles. The van der Waals surface area contributed by atoms with Crippen LogP contribution in [0.5, 0.6) is 0 Å². The standard InChI is InChI=1S/C17H18N6O/c1-10(9-24)7-23-8-13-16(22-23)12-3-2-11(14-4-5-19-21-14)6-15(12)20-17(13)18/h2-6,8,10,24H,7,9H2,1H3,(H2,18,20)(H,19,21). The number of nitrogens with two attached hydrogens (primary N) is 1. The van der Waals surface area contributed by atoms with E-state index in [0.29, 0.717) is 12.4 Å². The summed E-state index contributed by atoms with van der Waals surface area (Å²) in [5, 5.41) is 22.7. The van der Waals surface area contributed by atoms with Crippen molar-refractivity contribution in [2.75, 3.05) is 12.3 Å². The molecule has 7 nitrogen and oxygen atoms in total. The zero-order valence-corrected chi connectivity index (χ0v) is 13.3. The van der Waals surface area contributed by atoms with Crippen molar-refractivity contribution in [3.05, 3.63) is 36.7 Å². The second-order valence-electron chi connectivity index (χ2n) is 6.09. The van der Waals surface area contributed by atoms with E-state index in [4.69, 9.17) is 5.73 Å². The van der Waals surface area contributed by atoms with Gasteiger partial charge in [-0.3, -0.25) is 9.78 Å². The van der Waals surface area contributed by atoms with E-state index < -0.39 is 0 Å². The number of nitrogens with one attached hydrogen (secondary N) is 1. The summed E-state index contributed by atoms with van der Waals surface area (Å²) >= 11 is 0. The average molecular weight is 322 g/mol. The van der Waals surface area contributed by atoms with Crippen LogP contribution in [-0.2, 0) is 6.54 Å². The molecular formula is C17H18N6O. The molecule has 0 spiro atoms. The maximum atomic E-state index is 9.23. The second-order valence-corrected chi connectivity index (χ2v) is 6.09. The molecule has 0 saturated heterocycles. The van der Waals surface area contributed by atoms with Gasteiger partial charge in [-0.2, -0.15) is 10.2 Å². The fourth-order valence-corrected chi connectivity index (χ4v) is 2.87. The first-order valence-corrected chi connectivity index (χ1v) is 7.83. The summed E-state index contributed by atoms with van der Waals surface area (Å²) in [6, 6.07) is 7.89. The Kier molecular flexibility index (Phi) is 3.42.